The highest BCUT2D eigenvalue weighted by atomic mass is 35.5. The van der Waals surface area contributed by atoms with Gasteiger partial charge in [-0.05, 0) is 58.4 Å². The quantitative estimate of drug-likeness (QED) is 0.427. The van der Waals surface area contributed by atoms with Gasteiger partial charge in [0.05, 0.1) is 15.6 Å². The molecule has 2 aromatic heterocycles. The molecule has 0 fully saturated rings. The van der Waals surface area contributed by atoms with Crippen LogP contribution in [0.15, 0.2) is 36.5 Å². The highest BCUT2D eigenvalue weighted by Crippen LogP contribution is 2.28. The average Bonchev–Trinajstić information content (AvgIpc) is 2.64. The van der Waals surface area contributed by atoms with E-state index >= 15 is 0 Å². The summed E-state index contributed by atoms with van der Waals surface area (Å²) in [5.74, 6) is 1.40. The third kappa shape index (κ3) is 6.63. The van der Waals surface area contributed by atoms with Gasteiger partial charge in [-0.3, -0.25) is 4.79 Å². The Morgan fingerprint density at radius 2 is 1.69 bits per heavy atom. The van der Waals surface area contributed by atoms with Gasteiger partial charge in [0.1, 0.15) is 17.5 Å². The highest BCUT2D eigenvalue weighted by molar-refractivity contribution is 6.40. The van der Waals surface area contributed by atoms with Gasteiger partial charge >= 0.3 is 0 Å². The van der Waals surface area contributed by atoms with E-state index < -0.39 is 5.91 Å². The van der Waals surface area contributed by atoms with Crippen LogP contribution >= 0.6 is 23.2 Å². The SMILES string of the molecule is Cc1cc(Nc2cc(NC(=O)c3c(Cl)cc(CNC(C)(C)C)cc3Cl)ccn2)nc(C)n1. The van der Waals surface area contributed by atoms with Crippen molar-refractivity contribution >= 4 is 46.4 Å². The van der Waals surface area contributed by atoms with Gasteiger partial charge in [0.2, 0.25) is 0 Å². The molecule has 0 radical (unpaired) electrons. The Kier molecular flexibility index (Phi) is 7.33. The number of carbonyl (C=O) groups excluding carboxylic acids is 1. The minimum absolute atomic E-state index is 0.0503. The van der Waals surface area contributed by atoms with Crippen LogP contribution in [0.3, 0.4) is 0 Å². The Morgan fingerprint density at radius 3 is 2.31 bits per heavy atom. The van der Waals surface area contributed by atoms with Crippen molar-refractivity contribution in [2.24, 2.45) is 0 Å². The number of aryl methyl sites for hydroxylation is 2. The zero-order valence-electron chi connectivity index (χ0n) is 18.7. The molecule has 32 heavy (non-hydrogen) atoms. The van der Waals surface area contributed by atoms with Crippen molar-refractivity contribution in [3.05, 3.63) is 69.2 Å². The smallest absolute Gasteiger partial charge is 0.258 e. The second kappa shape index (κ2) is 9.81. The molecule has 0 aliphatic rings. The lowest BCUT2D eigenvalue weighted by molar-refractivity contribution is 0.102. The lowest BCUT2D eigenvalue weighted by Gasteiger charge is -2.21. The fraction of sp³-hybridized carbons (Fsp3) is 0.304. The van der Waals surface area contributed by atoms with Gasteiger partial charge in [-0.25, -0.2) is 15.0 Å². The van der Waals surface area contributed by atoms with Crippen LogP contribution in [0, 0.1) is 13.8 Å². The zero-order valence-corrected chi connectivity index (χ0v) is 20.2. The van der Waals surface area contributed by atoms with Crippen LogP contribution in [-0.4, -0.2) is 26.4 Å². The summed E-state index contributed by atoms with van der Waals surface area (Å²) >= 11 is 12.8. The Labute approximate surface area is 198 Å². The fourth-order valence-electron chi connectivity index (χ4n) is 2.99. The topological polar surface area (TPSA) is 91.8 Å². The number of rotatable bonds is 6. The molecule has 9 heteroatoms. The predicted molar refractivity (Wildman–Crippen MR) is 130 cm³/mol. The molecule has 7 nitrogen and oxygen atoms in total. The molecule has 0 saturated carbocycles. The summed E-state index contributed by atoms with van der Waals surface area (Å²) in [6.07, 6.45) is 1.59. The molecule has 168 valence electrons. The van der Waals surface area contributed by atoms with E-state index in [4.69, 9.17) is 23.2 Å². The molecule has 3 aromatic rings. The van der Waals surface area contributed by atoms with Crippen molar-refractivity contribution < 1.29 is 4.79 Å². The van der Waals surface area contributed by atoms with Crippen molar-refractivity contribution in [1.82, 2.24) is 20.3 Å². The van der Waals surface area contributed by atoms with E-state index in [1.807, 2.05) is 19.9 Å². The summed E-state index contributed by atoms with van der Waals surface area (Å²) in [6, 6.07) is 8.70. The number of nitrogens with zero attached hydrogens (tertiary/aromatic N) is 3. The Hall–Kier alpha value is -2.74. The zero-order chi connectivity index (χ0) is 23.5. The highest BCUT2D eigenvalue weighted by Gasteiger charge is 2.18. The number of halogens is 2. The maximum absolute atomic E-state index is 12.9. The molecule has 2 heterocycles. The average molecular weight is 473 g/mol. The normalized spacial score (nSPS) is 11.3. The summed E-state index contributed by atoms with van der Waals surface area (Å²) in [6.45, 7) is 10.5. The molecule has 0 spiro atoms. The molecule has 3 N–H and O–H groups in total. The standard InChI is InChI=1S/C23H26Cl2N6O/c1-13-8-20(29-14(2)28-13)31-19-11-16(6-7-26-19)30-22(32)21-17(24)9-15(10-18(21)25)12-27-23(3,4)5/h6-11,27H,12H2,1-5H3,(H2,26,28,29,30,31,32). The lowest BCUT2D eigenvalue weighted by atomic mass is 10.1. The van der Waals surface area contributed by atoms with Crippen molar-refractivity contribution in [3.63, 3.8) is 0 Å². The second-order valence-electron chi connectivity index (χ2n) is 8.49. The summed E-state index contributed by atoms with van der Waals surface area (Å²) in [7, 11) is 0. The number of anilines is 3. The lowest BCUT2D eigenvalue weighted by Crippen LogP contribution is -2.35. The molecular weight excluding hydrogens is 447 g/mol. The number of amides is 1. The van der Waals surface area contributed by atoms with E-state index in [9.17, 15) is 4.79 Å². The molecule has 0 aliphatic carbocycles. The van der Waals surface area contributed by atoms with E-state index in [-0.39, 0.29) is 11.1 Å². The van der Waals surface area contributed by atoms with E-state index in [0.29, 0.717) is 39.7 Å². The number of pyridine rings is 1. The summed E-state index contributed by atoms with van der Waals surface area (Å²) in [5.41, 5.74) is 2.46. The van der Waals surface area contributed by atoms with Crippen molar-refractivity contribution in [2.75, 3.05) is 10.6 Å². The molecule has 0 saturated heterocycles. The fourth-order valence-corrected chi connectivity index (χ4v) is 3.70. The van der Waals surface area contributed by atoms with Gasteiger partial charge in [-0.1, -0.05) is 23.2 Å². The number of nitrogens with one attached hydrogen (secondary N) is 3. The van der Waals surface area contributed by atoms with Crippen molar-refractivity contribution in [2.45, 2.75) is 46.7 Å². The molecule has 0 aliphatic heterocycles. The van der Waals surface area contributed by atoms with Gasteiger partial charge in [0.15, 0.2) is 0 Å². The van der Waals surface area contributed by atoms with Crippen LogP contribution in [0.5, 0.6) is 0 Å². The molecule has 0 bridgehead atoms. The number of hydrogen-bond acceptors (Lipinski definition) is 6. The Bertz CT molecular complexity index is 1100. The van der Waals surface area contributed by atoms with Gasteiger partial charge in [0, 0.05) is 41.8 Å². The van der Waals surface area contributed by atoms with Crippen LogP contribution in [-0.2, 0) is 6.54 Å². The van der Waals surface area contributed by atoms with Gasteiger partial charge in [0.25, 0.3) is 5.91 Å². The summed E-state index contributed by atoms with van der Waals surface area (Å²) < 4.78 is 0. The van der Waals surface area contributed by atoms with Gasteiger partial charge in [-0.15, -0.1) is 0 Å². The third-order valence-corrected chi connectivity index (χ3v) is 4.99. The van der Waals surface area contributed by atoms with Crippen LogP contribution in [0.2, 0.25) is 10.0 Å². The van der Waals surface area contributed by atoms with Crippen LogP contribution in [0.1, 0.15) is 48.2 Å². The molecule has 3 rings (SSSR count). The van der Waals surface area contributed by atoms with Gasteiger partial charge in [-0.2, -0.15) is 0 Å². The van der Waals surface area contributed by atoms with Crippen LogP contribution in [0.25, 0.3) is 0 Å². The van der Waals surface area contributed by atoms with E-state index in [0.717, 1.165) is 11.3 Å². The second-order valence-corrected chi connectivity index (χ2v) is 9.30. The Balaban J connectivity index is 1.75. The first-order chi connectivity index (χ1) is 15.0. The maximum atomic E-state index is 12.9. The monoisotopic (exact) mass is 472 g/mol. The number of aromatic nitrogens is 3. The first kappa shape index (κ1) is 23.9. The molecule has 0 unspecified atom stereocenters. The number of hydrogen-bond donors (Lipinski definition) is 3. The molecule has 0 atom stereocenters. The first-order valence-electron chi connectivity index (χ1n) is 10.1. The third-order valence-electron chi connectivity index (χ3n) is 4.39. The predicted octanol–water partition coefficient (Wildman–Crippen LogP) is 5.68. The van der Waals surface area contributed by atoms with Crippen LogP contribution in [0.4, 0.5) is 17.3 Å². The minimum Gasteiger partial charge on any atom is -0.325 e. The first-order valence-corrected chi connectivity index (χ1v) is 10.9. The minimum atomic E-state index is -0.402. The van der Waals surface area contributed by atoms with E-state index in [1.165, 1.54) is 0 Å². The summed E-state index contributed by atoms with van der Waals surface area (Å²) in [5, 5.41) is 9.91. The van der Waals surface area contributed by atoms with Gasteiger partial charge < -0.3 is 16.0 Å². The molecular formula is C23H26Cl2N6O. The van der Waals surface area contributed by atoms with E-state index in [1.54, 1.807) is 30.5 Å². The number of benzene rings is 1. The largest absolute Gasteiger partial charge is 0.325 e. The van der Waals surface area contributed by atoms with E-state index in [2.05, 4.69) is 51.7 Å². The summed E-state index contributed by atoms with van der Waals surface area (Å²) in [4.78, 5) is 25.8. The Morgan fingerprint density at radius 1 is 1.00 bits per heavy atom. The van der Waals surface area contributed by atoms with Crippen molar-refractivity contribution in [1.29, 1.82) is 0 Å². The number of carbonyl (C=O) groups is 1. The molecule has 1 aromatic carbocycles. The van der Waals surface area contributed by atoms with Crippen LogP contribution < -0.4 is 16.0 Å². The van der Waals surface area contributed by atoms with Crippen molar-refractivity contribution in [3.8, 4) is 0 Å². The maximum Gasteiger partial charge on any atom is 0.258 e. The molecule has 1 amide bonds.